The Morgan fingerprint density at radius 3 is 2.79 bits per heavy atom. The zero-order chi connectivity index (χ0) is 17.3. The summed E-state index contributed by atoms with van der Waals surface area (Å²) in [4.78, 5) is 27.8. The lowest BCUT2D eigenvalue weighted by molar-refractivity contribution is -0.385. The Hall–Kier alpha value is -2.15. The van der Waals surface area contributed by atoms with Gasteiger partial charge in [0.15, 0.2) is 0 Å². The number of amides is 2. The van der Waals surface area contributed by atoms with Crippen LogP contribution in [0, 0.1) is 17.0 Å². The molecule has 1 aromatic carbocycles. The maximum atomic E-state index is 12.8. The second-order valence-electron chi connectivity index (χ2n) is 6.61. The number of carbonyl (C=O) groups is 1. The third kappa shape index (κ3) is 3.08. The van der Waals surface area contributed by atoms with E-state index in [9.17, 15) is 14.9 Å². The van der Waals surface area contributed by atoms with E-state index >= 15 is 0 Å². The Bertz CT molecular complexity index is 649. The molecule has 2 heterocycles. The largest absolute Gasteiger partial charge is 0.322 e. The number of fused-ring (bicyclic) bond motifs is 2. The van der Waals surface area contributed by atoms with Crippen molar-refractivity contribution in [2.24, 2.45) is 0 Å². The first-order chi connectivity index (χ1) is 11.5. The third-order valence-electron chi connectivity index (χ3n) is 5.29. The van der Waals surface area contributed by atoms with Gasteiger partial charge in [-0.1, -0.05) is 13.0 Å². The predicted octanol–water partition coefficient (Wildman–Crippen LogP) is 2.99. The summed E-state index contributed by atoms with van der Waals surface area (Å²) in [7, 11) is 0. The van der Waals surface area contributed by atoms with Crippen LogP contribution in [0.5, 0.6) is 0 Å². The monoisotopic (exact) mass is 332 g/mol. The smallest absolute Gasteiger partial charge is 0.317 e. The molecular formula is C17H24N4O3. The first-order valence-electron chi connectivity index (χ1n) is 8.57. The van der Waals surface area contributed by atoms with Crippen molar-refractivity contribution < 1.29 is 9.72 Å². The fraction of sp³-hybridized carbons (Fsp3) is 0.588. The molecule has 7 nitrogen and oxygen atoms in total. The molecule has 0 saturated carbocycles. The number of nitrogens with one attached hydrogen (secondary N) is 1. The van der Waals surface area contributed by atoms with Gasteiger partial charge in [-0.15, -0.1) is 0 Å². The number of rotatable bonds is 3. The number of urea groups is 1. The topological polar surface area (TPSA) is 78.7 Å². The molecule has 0 spiro atoms. The molecule has 7 heteroatoms. The summed E-state index contributed by atoms with van der Waals surface area (Å²) >= 11 is 0. The molecule has 0 radical (unpaired) electrons. The van der Waals surface area contributed by atoms with Crippen molar-refractivity contribution in [1.82, 2.24) is 9.80 Å². The number of likely N-dealkylation sites (N-methyl/N-ethyl adjacent to an activating group) is 1. The van der Waals surface area contributed by atoms with E-state index in [0.29, 0.717) is 11.3 Å². The van der Waals surface area contributed by atoms with E-state index in [0.717, 1.165) is 38.9 Å². The number of nitro benzene ring substituents is 1. The number of anilines is 1. The minimum atomic E-state index is -0.417. The van der Waals surface area contributed by atoms with Crippen molar-refractivity contribution in [2.75, 3.05) is 25.0 Å². The second-order valence-corrected chi connectivity index (χ2v) is 6.61. The zero-order valence-corrected chi connectivity index (χ0v) is 14.2. The average Bonchev–Trinajstić information content (AvgIpc) is 2.84. The molecule has 0 aromatic heterocycles. The van der Waals surface area contributed by atoms with E-state index in [4.69, 9.17) is 0 Å². The van der Waals surface area contributed by atoms with Gasteiger partial charge >= 0.3 is 6.03 Å². The van der Waals surface area contributed by atoms with Crippen molar-refractivity contribution in [3.05, 3.63) is 33.9 Å². The molecule has 24 heavy (non-hydrogen) atoms. The van der Waals surface area contributed by atoms with E-state index < -0.39 is 4.92 Å². The summed E-state index contributed by atoms with van der Waals surface area (Å²) in [6.07, 6.45) is 3.07. The first kappa shape index (κ1) is 16.7. The van der Waals surface area contributed by atoms with E-state index in [1.54, 1.807) is 19.1 Å². The van der Waals surface area contributed by atoms with Crippen molar-refractivity contribution in [3.8, 4) is 0 Å². The summed E-state index contributed by atoms with van der Waals surface area (Å²) < 4.78 is 0. The zero-order valence-electron chi connectivity index (χ0n) is 14.2. The van der Waals surface area contributed by atoms with Crippen molar-refractivity contribution in [2.45, 2.75) is 45.2 Å². The first-order valence-corrected chi connectivity index (χ1v) is 8.57. The summed E-state index contributed by atoms with van der Waals surface area (Å²) in [6.45, 7) is 6.76. The van der Waals surface area contributed by atoms with Gasteiger partial charge in [-0.2, -0.15) is 0 Å². The number of benzene rings is 1. The lowest BCUT2D eigenvalue weighted by Gasteiger charge is -2.29. The van der Waals surface area contributed by atoms with Crippen LogP contribution < -0.4 is 5.32 Å². The summed E-state index contributed by atoms with van der Waals surface area (Å²) in [5.41, 5.74) is 1.04. The quantitative estimate of drug-likeness (QED) is 0.682. The standard InChI is InChI=1S/C17H24N4O3/c1-3-19-10-9-13-7-8-14(11-19)20(13)17(22)18-15-5-4-6-16(12(15)2)21(23)24/h4-6,13-14H,3,7-11H2,1-2H3,(H,18,22)/t13-,14+/m1/s1. The maximum Gasteiger partial charge on any atom is 0.322 e. The third-order valence-corrected chi connectivity index (χ3v) is 5.29. The molecule has 2 aliphatic rings. The molecule has 2 atom stereocenters. The van der Waals surface area contributed by atoms with Crippen LogP contribution in [0.25, 0.3) is 0 Å². The van der Waals surface area contributed by atoms with Gasteiger partial charge in [0.25, 0.3) is 5.69 Å². The Kier molecular flexibility index (Phi) is 4.71. The van der Waals surface area contributed by atoms with Gasteiger partial charge in [0.2, 0.25) is 0 Å². The number of likely N-dealkylation sites (tertiary alicyclic amines) is 1. The molecule has 1 aromatic rings. The highest BCUT2D eigenvalue weighted by Crippen LogP contribution is 2.32. The molecule has 130 valence electrons. The van der Waals surface area contributed by atoms with Crippen molar-refractivity contribution >= 4 is 17.4 Å². The summed E-state index contributed by atoms with van der Waals surface area (Å²) in [5.74, 6) is 0. The van der Waals surface area contributed by atoms with E-state index in [1.165, 1.54) is 6.07 Å². The van der Waals surface area contributed by atoms with Crippen LogP contribution >= 0.6 is 0 Å². The molecule has 3 rings (SSSR count). The molecule has 1 N–H and O–H groups in total. The van der Waals surface area contributed by atoms with Crippen molar-refractivity contribution in [1.29, 1.82) is 0 Å². The number of hydrogen-bond donors (Lipinski definition) is 1. The van der Waals surface area contributed by atoms with Gasteiger partial charge in [-0.3, -0.25) is 10.1 Å². The fourth-order valence-electron chi connectivity index (χ4n) is 3.90. The normalized spacial score (nSPS) is 23.8. The van der Waals surface area contributed by atoms with Crippen LogP contribution in [-0.2, 0) is 0 Å². The molecule has 2 bridgehead atoms. The van der Waals surface area contributed by atoms with Crippen LogP contribution in [0.3, 0.4) is 0 Å². The van der Waals surface area contributed by atoms with Crippen molar-refractivity contribution in [3.63, 3.8) is 0 Å². The average molecular weight is 332 g/mol. The summed E-state index contributed by atoms with van der Waals surface area (Å²) in [6, 6.07) is 5.15. The number of hydrogen-bond acceptors (Lipinski definition) is 4. The highest BCUT2D eigenvalue weighted by Gasteiger charge is 2.39. The number of carbonyl (C=O) groups excluding carboxylic acids is 1. The van der Waals surface area contributed by atoms with Crippen LogP contribution in [-0.4, -0.2) is 52.5 Å². The fourth-order valence-corrected chi connectivity index (χ4v) is 3.90. The second kappa shape index (κ2) is 6.76. The van der Waals surface area contributed by atoms with E-state index in [-0.39, 0.29) is 23.8 Å². The molecule has 0 unspecified atom stereocenters. The predicted molar refractivity (Wildman–Crippen MR) is 92.2 cm³/mol. The Morgan fingerprint density at radius 1 is 1.33 bits per heavy atom. The Morgan fingerprint density at radius 2 is 2.08 bits per heavy atom. The summed E-state index contributed by atoms with van der Waals surface area (Å²) in [5, 5.41) is 14.0. The lowest BCUT2D eigenvalue weighted by Crippen LogP contribution is -2.45. The van der Waals surface area contributed by atoms with Gasteiger partial charge in [0.05, 0.1) is 16.2 Å². The lowest BCUT2D eigenvalue weighted by atomic mass is 10.1. The van der Waals surface area contributed by atoms with Crippen LogP contribution in [0.4, 0.5) is 16.2 Å². The van der Waals surface area contributed by atoms with Gasteiger partial charge in [0, 0.05) is 31.2 Å². The van der Waals surface area contributed by atoms with Gasteiger partial charge in [0.1, 0.15) is 0 Å². The Balaban J connectivity index is 1.78. The SMILES string of the molecule is CCN1CC[C@H]2CC[C@@H](C1)N2C(=O)Nc1cccc([N+](=O)[O-])c1C. The van der Waals surface area contributed by atoms with E-state index in [2.05, 4.69) is 17.1 Å². The van der Waals surface area contributed by atoms with Crippen LogP contribution in [0.1, 0.15) is 31.7 Å². The van der Waals surface area contributed by atoms with Crippen LogP contribution in [0.2, 0.25) is 0 Å². The molecule has 2 amide bonds. The highest BCUT2D eigenvalue weighted by atomic mass is 16.6. The van der Waals surface area contributed by atoms with Crippen LogP contribution in [0.15, 0.2) is 18.2 Å². The molecule has 2 fully saturated rings. The highest BCUT2D eigenvalue weighted by molar-refractivity contribution is 5.91. The molecule has 0 aliphatic carbocycles. The number of nitro groups is 1. The Labute approximate surface area is 141 Å². The minimum absolute atomic E-state index is 0.0313. The molecule has 2 aliphatic heterocycles. The van der Waals surface area contributed by atoms with Gasteiger partial charge in [-0.25, -0.2) is 4.79 Å². The maximum absolute atomic E-state index is 12.8. The number of nitrogens with zero attached hydrogens (tertiary/aromatic N) is 3. The minimum Gasteiger partial charge on any atom is -0.317 e. The van der Waals surface area contributed by atoms with Gasteiger partial charge < -0.3 is 15.1 Å². The molecular weight excluding hydrogens is 308 g/mol. The molecule has 2 saturated heterocycles. The van der Waals surface area contributed by atoms with Gasteiger partial charge in [-0.05, 0) is 38.8 Å². The van der Waals surface area contributed by atoms with E-state index in [1.807, 2.05) is 4.90 Å².